The number of nitrogens with zero attached hydrogens (tertiary/aromatic N) is 1. The van der Waals surface area contributed by atoms with Gasteiger partial charge >= 0.3 is 17.9 Å². The maximum absolute atomic E-state index is 12.4. The van der Waals surface area contributed by atoms with Gasteiger partial charge in [-0.05, 0) is 136 Å². The summed E-state index contributed by atoms with van der Waals surface area (Å²) in [4.78, 5) is 71.5. The molecule has 4 rings (SSSR count). The van der Waals surface area contributed by atoms with Gasteiger partial charge in [-0.15, -0.1) is 0 Å². The van der Waals surface area contributed by atoms with Gasteiger partial charge in [-0.1, -0.05) is 103 Å². The van der Waals surface area contributed by atoms with Crippen LogP contribution >= 0.6 is 0 Å². The van der Waals surface area contributed by atoms with Crippen LogP contribution in [0, 0.1) is 46.3 Å². The van der Waals surface area contributed by atoms with E-state index in [1.54, 1.807) is 5.57 Å². The van der Waals surface area contributed by atoms with Gasteiger partial charge in [0.1, 0.15) is 6.04 Å². The van der Waals surface area contributed by atoms with Crippen LogP contribution in [0.3, 0.4) is 0 Å². The van der Waals surface area contributed by atoms with Crippen molar-refractivity contribution in [2.24, 2.45) is 46.3 Å². The molecule has 3 fully saturated rings. The number of carboxylic acids is 3. The molecule has 4 aliphatic rings. The number of unbranched alkanes of at least 4 members (excludes halogenated alkanes) is 2. The first kappa shape index (κ1) is 65.6. The highest BCUT2D eigenvalue weighted by Gasteiger charge is 2.59. The Morgan fingerprint density at radius 1 is 0.657 bits per heavy atom. The Balaban J connectivity index is 0. The Bertz CT molecular complexity index is 1540. The van der Waals surface area contributed by atoms with Crippen molar-refractivity contribution in [1.29, 1.82) is 0 Å². The molecule has 67 heavy (non-hydrogen) atoms. The van der Waals surface area contributed by atoms with Crippen LogP contribution in [0.4, 0.5) is 0 Å². The van der Waals surface area contributed by atoms with Crippen LogP contribution in [0.25, 0.3) is 0 Å². The second-order valence-electron chi connectivity index (χ2n) is 20.2. The number of fused-ring (bicyclic) bond motifs is 5. The largest absolute Gasteiger partial charge is 0.480 e. The summed E-state index contributed by atoms with van der Waals surface area (Å²) < 4.78 is 0. The lowest BCUT2D eigenvalue weighted by Gasteiger charge is -2.58. The summed E-state index contributed by atoms with van der Waals surface area (Å²) in [6, 6.07) is -0.776. The molecule has 9 atom stereocenters. The minimum absolute atomic E-state index is 0. The number of carboxylic acid groups (broad SMARTS) is 3. The predicted octanol–water partition coefficient (Wildman–Crippen LogP) is 9.56. The molecule has 7 N–H and O–H groups in total. The number of aliphatic carboxylic acids is 3. The van der Waals surface area contributed by atoms with E-state index in [4.69, 9.17) is 10.2 Å². The van der Waals surface area contributed by atoms with Gasteiger partial charge in [-0.25, -0.2) is 0 Å². The minimum Gasteiger partial charge on any atom is -0.480 e. The molecule has 0 aromatic heterocycles. The van der Waals surface area contributed by atoms with E-state index in [9.17, 15) is 33.9 Å². The maximum Gasteiger partial charge on any atom is 0.320 e. The smallest absolute Gasteiger partial charge is 0.320 e. The molecule has 392 valence electrons. The van der Waals surface area contributed by atoms with E-state index in [0.29, 0.717) is 36.1 Å². The minimum atomic E-state index is -1.33. The highest BCUT2D eigenvalue weighted by Crippen LogP contribution is 2.67. The third kappa shape index (κ3) is 19.4. The van der Waals surface area contributed by atoms with Crippen molar-refractivity contribution >= 4 is 35.6 Å². The molecular formula is C53H101N5O9. The van der Waals surface area contributed by atoms with Crippen LogP contribution in [0.2, 0.25) is 0 Å². The van der Waals surface area contributed by atoms with Crippen LogP contribution in [-0.4, -0.2) is 107 Å². The lowest BCUT2D eigenvalue weighted by molar-refractivity contribution is -0.149. The highest BCUT2D eigenvalue weighted by molar-refractivity contribution is 5.80. The molecule has 0 aromatic carbocycles. The van der Waals surface area contributed by atoms with E-state index in [0.717, 1.165) is 66.2 Å². The van der Waals surface area contributed by atoms with Gasteiger partial charge in [0.25, 0.3) is 0 Å². The first-order valence-electron chi connectivity index (χ1n) is 24.1. The Kier molecular flexibility index (Phi) is 30.9. The predicted molar refractivity (Wildman–Crippen MR) is 273 cm³/mol. The molecule has 14 nitrogen and oxygen atoms in total. The average Bonchev–Trinajstić information content (AvgIpc) is 3.55. The lowest BCUT2D eigenvalue weighted by atomic mass is 9.47. The molecule has 0 bridgehead atoms. The van der Waals surface area contributed by atoms with Gasteiger partial charge in [0.2, 0.25) is 17.7 Å². The summed E-state index contributed by atoms with van der Waals surface area (Å²) in [6.45, 7) is 12.6. The molecular weight excluding hydrogens is 851 g/mol. The van der Waals surface area contributed by atoms with Crippen molar-refractivity contribution in [3.8, 4) is 0 Å². The fourth-order valence-corrected chi connectivity index (χ4v) is 12.2. The number of amides is 3. The topological polar surface area (TPSA) is 214 Å². The summed E-state index contributed by atoms with van der Waals surface area (Å²) in [7, 11) is 0. The number of carbonyl (C=O) groups is 6. The normalized spacial score (nSPS) is 25.5. The number of carbonyl (C=O) groups excluding carboxylic acids is 3. The summed E-state index contributed by atoms with van der Waals surface area (Å²) in [6.07, 6.45) is 20.4. The second kappa shape index (κ2) is 31.6. The number of hydrogen-bond acceptors (Lipinski definition) is 8. The molecule has 0 radical (unpaired) electrons. The summed E-state index contributed by atoms with van der Waals surface area (Å²) in [5.74, 6) is 0.496. The van der Waals surface area contributed by atoms with Crippen molar-refractivity contribution in [3.05, 3.63) is 11.6 Å². The third-order valence-corrected chi connectivity index (χ3v) is 15.5. The van der Waals surface area contributed by atoms with Gasteiger partial charge in [-0.2, -0.15) is 0 Å². The number of allylic oxidation sites excluding steroid dienone is 1. The zero-order valence-corrected chi connectivity index (χ0v) is 38.6. The van der Waals surface area contributed by atoms with Crippen LogP contribution in [0.15, 0.2) is 11.6 Å². The number of hydrogen-bond donors (Lipinski definition) is 7. The molecule has 0 aromatic rings. The van der Waals surface area contributed by atoms with E-state index < -0.39 is 37.0 Å². The van der Waals surface area contributed by atoms with Crippen LogP contribution < -0.4 is 21.3 Å². The van der Waals surface area contributed by atoms with Gasteiger partial charge in [0.05, 0.1) is 13.1 Å². The van der Waals surface area contributed by atoms with E-state index in [-0.39, 0.29) is 93.8 Å². The molecule has 0 heterocycles. The lowest BCUT2D eigenvalue weighted by Crippen LogP contribution is -2.51. The number of nitrogens with one attached hydrogen (secondary N) is 4. The van der Waals surface area contributed by atoms with Crippen molar-refractivity contribution in [1.82, 2.24) is 26.2 Å². The van der Waals surface area contributed by atoms with Gasteiger partial charge in [-0.3, -0.25) is 33.7 Å². The maximum atomic E-state index is 12.4. The SMILES string of the molecule is C.C.C.C.C.CC(C)CCC[C@@H](C)C1CC[C@H]2[C@H]3CC=C4C[C@@H](NCCCCC(=O)NCCC(=O)NCCC(=O)NCCCC[C@@H](C(=O)O)N(CC(=O)O)CC(=O)O)CCC4(C)C3CCC12C. The molecule has 3 amide bonds. The quantitative estimate of drug-likeness (QED) is 0.0290. The molecule has 0 spiro atoms. The van der Waals surface area contributed by atoms with Gasteiger partial charge < -0.3 is 36.6 Å². The molecule has 0 saturated heterocycles. The highest BCUT2D eigenvalue weighted by atomic mass is 16.4. The Morgan fingerprint density at radius 2 is 1.24 bits per heavy atom. The Labute approximate surface area is 407 Å². The first-order valence-corrected chi connectivity index (χ1v) is 24.1. The zero-order chi connectivity index (χ0) is 45.5. The summed E-state index contributed by atoms with van der Waals surface area (Å²) in [5, 5.41) is 39.5. The monoisotopic (exact) mass is 952 g/mol. The molecule has 0 aliphatic heterocycles. The average molecular weight is 952 g/mol. The molecule has 4 aliphatic carbocycles. The van der Waals surface area contributed by atoms with E-state index in [2.05, 4.69) is 62.0 Å². The van der Waals surface area contributed by atoms with Gasteiger partial charge in [0, 0.05) is 44.9 Å². The van der Waals surface area contributed by atoms with E-state index in [1.165, 1.54) is 64.2 Å². The van der Waals surface area contributed by atoms with Crippen molar-refractivity contribution < 1.29 is 44.1 Å². The Hall–Kier alpha value is -3.52. The van der Waals surface area contributed by atoms with E-state index >= 15 is 0 Å². The summed E-state index contributed by atoms with van der Waals surface area (Å²) in [5.41, 5.74) is 2.57. The first-order chi connectivity index (χ1) is 29.4. The molecule has 4 unspecified atom stereocenters. The van der Waals surface area contributed by atoms with Crippen molar-refractivity contribution in [2.45, 2.75) is 206 Å². The fraction of sp³-hybridized carbons (Fsp3) is 0.849. The van der Waals surface area contributed by atoms with Crippen molar-refractivity contribution in [2.75, 3.05) is 39.3 Å². The van der Waals surface area contributed by atoms with Crippen molar-refractivity contribution in [3.63, 3.8) is 0 Å². The van der Waals surface area contributed by atoms with Crippen LogP contribution in [0.1, 0.15) is 194 Å². The van der Waals surface area contributed by atoms with Crippen LogP contribution in [-0.2, 0) is 28.8 Å². The molecule has 3 saturated carbocycles. The summed E-state index contributed by atoms with van der Waals surface area (Å²) >= 11 is 0. The van der Waals surface area contributed by atoms with Gasteiger partial charge in [0.15, 0.2) is 0 Å². The third-order valence-electron chi connectivity index (χ3n) is 15.5. The number of rotatable bonds is 28. The zero-order valence-electron chi connectivity index (χ0n) is 38.6. The standard InChI is InChI=1S/C48H81N5O9.5CH4/c1-32(2)11-10-12-33(3)37-17-18-38-36-16-15-34-29-35(19-23-47(34,4)39(36)20-24-48(37,38)5)49-25-9-7-14-41(54)51-27-22-43(56)52-28-21-42(55)50-26-8-6-13-40(46(61)62)53(30-44(57)58)31-45(59)60;;;;;/h15,32-33,35-40,49H,6-14,16-31H2,1-5H3,(H,50,55)(H,51,54)(H,52,56)(H,57,58)(H,59,60)(H,61,62);5*1H4/t33-,35+,36-,37?,38+,39?,40+,47?,48?;;;;;/m1...../s1. The fourth-order valence-electron chi connectivity index (χ4n) is 12.2. The molecule has 14 heteroatoms. The second-order valence-corrected chi connectivity index (χ2v) is 20.2. The van der Waals surface area contributed by atoms with Crippen LogP contribution in [0.5, 0.6) is 0 Å². The van der Waals surface area contributed by atoms with E-state index in [1.807, 2.05) is 0 Å². The Morgan fingerprint density at radius 3 is 1.82 bits per heavy atom.